The first-order chi connectivity index (χ1) is 19.2. The second kappa shape index (κ2) is 13.7. The van der Waals surface area contributed by atoms with Crippen LogP contribution in [0.4, 0.5) is 0 Å². The van der Waals surface area contributed by atoms with Gasteiger partial charge in [-0.15, -0.1) is 0 Å². The number of nitrogens with zero attached hydrogens (tertiary/aromatic N) is 2. The summed E-state index contributed by atoms with van der Waals surface area (Å²) < 4.78 is 5.94. The fraction of sp³-hybridized carbons (Fsp3) is 0.688. The molecule has 0 unspecified atom stereocenters. The van der Waals surface area contributed by atoms with Gasteiger partial charge in [0.1, 0.15) is 17.8 Å². The van der Waals surface area contributed by atoms with Crippen molar-refractivity contribution in [2.75, 3.05) is 6.54 Å². The van der Waals surface area contributed by atoms with Gasteiger partial charge in [0.15, 0.2) is 0 Å². The Balaban J connectivity index is 1.76. The monoisotopic (exact) mass is 571 g/mol. The highest BCUT2D eigenvalue weighted by Gasteiger charge is 2.45. The number of carbonyl (C=O) groups is 3. The summed E-state index contributed by atoms with van der Waals surface area (Å²) in [7, 11) is 0. The zero-order chi connectivity index (χ0) is 30.5. The molecule has 3 N–H and O–H groups in total. The Morgan fingerprint density at radius 3 is 2.17 bits per heavy atom. The second-order valence-electron chi connectivity index (χ2n) is 13.4. The van der Waals surface area contributed by atoms with Crippen LogP contribution >= 0.6 is 0 Å². The number of ether oxygens (including phenoxy) is 1. The molecule has 2 fully saturated rings. The molecule has 1 saturated carbocycles. The Kier molecular flexibility index (Phi) is 10.8. The van der Waals surface area contributed by atoms with Crippen LogP contribution in [0.25, 0.3) is 0 Å². The van der Waals surface area contributed by atoms with Crippen LogP contribution in [-0.2, 0) is 14.4 Å². The van der Waals surface area contributed by atoms with E-state index >= 15 is 0 Å². The second-order valence-corrected chi connectivity index (χ2v) is 13.4. The molecule has 228 valence electrons. The average molecular weight is 572 g/mol. The maximum absolute atomic E-state index is 13.9. The molecule has 1 aromatic rings. The Morgan fingerprint density at radius 1 is 1.05 bits per heavy atom. The summed E-state index contributed by atoms with van der Waals surface area (Å²) in [5.41, 5.74) is 2.39. The van der Waals surface area contributed by atoms with E-state index in [0.29, 0.717) is 24.5 Å². The van der Waals surface area contributed by atoms with Crippen molar-refractivity contribution in [3.8, 4) is 5.75 Å². The van der Waals surface area contributed by atoms with Gasteiger partial charge in [0.2, 0.25) is 11.8 Å². The summed E-state index contributed by atoms with van der Waals surface area (Å²) in [5.74, 6) is -0.713. The van der Waals surface area contributed by atoms with E-state index in [1.807, 2.05) is 60.6 Å². The van der Waals surface area contributed by atoms with E-state index < -0.39 is 23.5 Å². The number of likely N-dealkylation sites (tertiary alicyclic amines) is 1. The Labute approximate surface area is 244 Å². The minimum Gasteiger partial charge on any atom is -0.490 e. The van der Waals surface area contributed by atoms with Crippen LogP contribution in [0.2, 0.25) is 0 Å². The highest BCUT2D eigenvalue weighted by atomic mass is 16.5. The molecule has 3 atom stereocenters. The first-order valence-corrected chi connectivity index (χ1v) is 15.0. The number of nitrogens with one attached hydrogen (secondary N) is 1. The minimum absolute atomic E-state index is 0.0214. The standard InChI is InChI=1S/C32H49N3O6/c1-19(2)41-28-20(3)13-24(14-21(28)4)25(34-40)15-23-16-26(31(38)39)35(18-23)30(37)29(32(5,6)7)33-27(36)17-22-11-9-8-10-12-22/h13-14,19,22-23,26,29,40H,8-12,15-18H2,1-7H3,(H,33,36)(H,38,39)/b34-25+/t23-,26-,29+/m0/s1. The third-order valence-corrected chi connectivity index (χ3v) is 8.32. The zero-order valence-corrected chi connectivity index (χ0v) is 25.8. The summed E-state index contributed by atoms with van der Waals surface area (Å²) in [6.45, 7) is 13.7. The Hall–Kier alpha value is -3.10. The predicted octanol–water partition coefficient (Wildman–Crippen LogP) is 5.46. The molecule has 9 nitrogen and oxygen atoms in total. The molecule has 1 aliphatic heterocycles. The zero-order valence-electron chi connectivity index (χ0n) is 25.8. The number of aliphatic carboxylic acids is 1. The molecular weight excluding hydrogens is 522 g/mol. The van der Waals surface area contributed by atoms with Crippen molar-refractivity contribution in [2.45, 2.75) is 118 Å². The van der Waals surface area contributed by atoms with Crippen LogP contribution in [0.1, 0.15) is 103 Å². The lowest BCUT2D eigenvalue weighted by Gasteiger charge is -2.35. The van der Waals surface area contributed by atoms with E-state index in [0.717, 1.165) is 48.1 Å². The summed E-state index contributed by atoms with van der Waals surface area (Å²) >= 11 is 0. The highest BCUT2D eigenvalue weighted by molar-refractivity contribution is 6.01. The summed E-state index contributed by atoms with van der Waals surface area (Å²) in [4.78, 5) is 40.6. The van der Waals surface area contributed by atoms with Crippen LogP contribution < -0.4 is 10.1 Å². The maximum Gasteiger partial charge on any atom is 0.326 e. The Bertz CT molecular complexity index is 1110. The number of carbonyl (C=O) groups excluding carboxylic acids is 2. The Morgan fingerprint density at radius 2 is 1.66 bits per heavy atom. The molecule has 1 aromatic carbocycles. The number of amides is 2. The van der Waals surface area contributed by atoms with Crippen molar-refractivity contribution in [1.82, 2.24) is 10.2 Å². The molecule has 0 spiro atoms. The van der Waals surface area contributed by atoms with Crippen LogP contribution in [0, 0.1) is 31.1 Å². The predicted molar refractivity (Wildman–Crippen MR) is 158 cm³/mol. The third kappa shape index (κ3) is 8.46. The lowest BCUT2D eigenvalue weighted by molar-refractivity contribution is -0.150. The molecule has 1 heterocycles. The first kappa shape index (κ1) is 32.4. The number of carboxylic acids is 1. The van der Waals surface area contributed by atoms with Gasteiger partial charge in [-0.25, -0.2) is 4.79 Å². The van der Waals surface area contributed by atoms with Gasteiger partial charge in [-0.1, -0.05) is 45.2 Å². The van der Waals surface area contributed by atoms with E-state index in [9.17, 15) is 24.7 Å². The minimum atomic E-state index is -1.08. The van der Waals surface area contributed by atoms with Crippen LogP contribution in [0.5, 0.6) is 5.75 Å². The number of benzene rings is 1. The smallest absolute Gasteiger partial charge is 0.326 e. The van der Waals surface area contributed by atoms with Gasteiger partial charge < -0.3 is 25.3 Å². The van der Waals surface area contributed by atoms with Crippen LogP contribution in [-0.4, -0.2) is 63.4 Å². The van der Waals surface area contributed by atoms with Crippen LogP contribution in [0.15, 0.2) is 17.3 Å². The van der Waals surface area contributed by atoms with Gasteiger partial charge >= 0.3 is 5.97 Å². The lowest BCUT2D eigenvalue weighted by Crippen LogP contribution is -2.56. The molecule has 1 aliphatic carbocycles. The summed E-state index contributed by atoms with van der Waals surface area (Å²) in [6, 6.07) is 1.95. The highest BCUT2D eigenvalue weighted by Crippen LogP contribution is 2.33. The van der Waals surface area contributed by atoms with Crippen LogP contribution in [0.3, 0.4) is 0 Å². The number of aryl methyl sites for hydroxylation is 2. The molecular formula is C32H49N3O6. The van der Waals surface area contributed by atoms with Gasteiger partial charge in [0, 0.05) is 18.5 Å². The third-order valence-electron chi connectivity index (χ3n) is 8.32. The van der Waals surface area contributed by atoms with Crippen molar-refractivity contribution >= 4 is 23.5 Å². The van der Waals surface area contributed by atoms with E-state index in [-0.39, 0.29) is 36.8 Å². The molecule has 1 saturated heterocycles. The largest absolute Gasteiger partial charge is 0.490 e. The van der Waals surface area contributed by atoms with E-state index in [2.05, 4.69) is 10.5 Å². The van der Waals surface area contributed by atoms with Gasteiger partial charge in [-0.05, 0) is 93.9 Å². The maximum atomic E-state index is 13.9. The quantitative estimate of drug-likeness (QED) is 0.194. The van der Waals surface area contributed by atoms with E-state index in [1.54, 1.807) is 0 Å². The van der Waals surface area contributed by atoms with Gasteiger partial charge in [-0.3, -0.25) is 9.59 Å². The van der Waals surface area contributed by atoms with Crippen molar-refractivity contribution < 1.29 is 29.4 Å². The number of oxime groups is 1. The first-order valence-electron chi connectivity index (χ1n) is 15.0. The fourth-order valence-corrected chi connectivity index (χ4v) is 6.26. The van der Waals surface area contributed by atoms with Gasteiger partial charge in [0.05, 0.1) is 11.8 Å². The van der Waals surface area contributed by atoms with Crippen molar-refractivity contribution in [1.29, 1.82) is 0 Å². The molecule has 2 aliphatic rings. The number of carboxylic acid groups (broad SMARTS) is 1. The molecule has 41 heavy (non-hydrogen) atoms. The van der Waals surface area contributed by atoms with Crippen molar-refractivity contribution in [3.05, 3.63) is 28.8 Å². The number of rotatable bonds is 10. The topological polar surface area (TPSA) is 129 Å². The molecule has 0 radical (unpaired) electrons. The van der Waals surface area contributed by atoms with E-state index in [4.69, 9.17) is 4.74 Å². The average Bonchev–Trinajstić information content (AvgIpc) is 3.32. The van der Waals surface area contributed by atoms with Gasteiger partial charge in [-0.2, -0.15) is 0 Å². The van der Waals surface area contributed by atoms with E-state index in [1.165, 1.54) is 11.3 Å². The SMILES string of the molecule is Cc1cc(/C(C[C@H]2C[C@@H](C(=O)O)N(C(=O)[C@@H](NC(=O)CC3CCCCC3)C(C)(C)C)C2)=N/O)cc(C)c1OC(C)C. The van der Waals surface area contributed by atoms with Crippen molar-refractivity contribution in [3.63, 3.8) is 0 Å². The number of hydrogen-bond acceptors (Lipinski definition) is 6. The molecule has 2 amide bonds. The van der Waals surface area contributed by atoms with Gasteiger partial charge in [0.25, 0.3) is 0 Å². The fourth-order valence-electron chi connectivity index (χ4n) is 6.26. The molecule has 3 rings (SSSR count). The molecule has 0 aromatic heterocycles. The molecule has 9 heteroatoms. The summed E-state index contributed by atoms with van der Waals surface area (Å²) in [6.07, 6.45) is 6.46. The normalized spacial score (nSPS) is 21.2. The lowest BCUT2D eigenvalue weighted by atomic mass is 9.84. The number of hydrogen-bond donors (Lipinski definition) is 3. The molecule has 0 bridgehead atoms. The van der Waals surface area contributed by atoms with Crippen molar-refractivity contribution in [2.24, 2.45) is 22.4 Å². The summed E-state index contributed by atoms with van der Waals surface area (Å²) in [5, 5.41) is 26.5.